The Bertz CT molecular complexity index is 1070. The molecule has 0 aliphatic carbocycles. The van der Waals surface area contributed by atoms with Crippen LogP contribution >= 0.6 is 11.6 Å². The van der Waals surface area contributed by atoms with Crippen molar-refractivity contribution in [3.63, 3.8) is 0 Å². The second-order valence-electron chi connectivity index (χ2n) is 6.87. The van der Waals surface area contributed by atoms with E-state index in [1.165, 1.54) is 32.1 Å². The molecular weight excluding hydrogens is 536 g/mol. The number of nitrogens with zero attached hydrogens (tertiary/aromatic N) is 3. The summed E-state index contributed by atoms with van der Waals surface area (Å²) in [5, 5.41) is 0.778. The van der Waals surface area contributed by atoms with Crippen molar-refractivity contribution in [3.8, 4) is 5.69 Å². The van der Waals surface area contributed by atoms with Crippen LogP contribution in [-0.2, 0) is 26.6 Å². The summed E-state index contributed by atoms with van der Waals surface area (Å²) in [5.74, 6) is 0. The molecule has 0 spiro atoms. The van der Waals surface area contributed by atoms with E-state index in [2.05, 4.69) is 34.8 Å². The Morgan fingerprint density at radius 1 is 0.882 bits per heavy atom. The first-order chi connectivity index (χ1) is 15.5. The van der Waals surface area contributed by atoms with E-state index in [1.54, 1.807) is 0 Å². The number of rotatable bonds is 9. The number of aryl methyl sites for hydroxylation is 1. The van der Waals surface area contributed by atoms with Crippen LogP contribution in [0.15, 0.2) is 43.0 Å². The van der Waals surface area contributed by atoms with E-state index in [0.717, 1.165) is 21.4 Å². The average molecular weight is 558 g/mol. The standard InChI is InChI=1S/C16H22ClN2.C2F6NO4S2/c1-2-3-4-5-6-11-18-12-13-19(14-18)16-9-7-15(17)8-10-16;3-1(4,5)14(10,11)9-15(12,13)2(6,7)8/h7-10,12-14H,2-6,11H2,1H3;/q+1;-1. The fraction of sp³-hybridized carbons (Fsp3) is 0.500. The lowest BCUT2D eigenvalue weighted by Crippen LogP contribution is -2.30. The van der Waals surface area contributed by atoms with Crippen LogP contribution in [0.25, 0.3) is 9.81 Å². The molecule has 1 aromatic carbocycles. The van der Waals surface area contributed by atoms with Crippen LogP contribution in [-0.4, -0.2) is 32.4 Å². The Morgan fingerprint density at radius 2 is 1.38 bits per heavy atom. The minimum Gasteiger partial charge on any atom is -0.421 e. The number of halogens is 7. The molecule has 1 heterocycles. The lowest BCUT2D eigenvalue weighted by Gasteiger charge is -2.22. The summed E-state index contributed by atoms with van der Waals surface area (Å²) in [4.78, 5) is 0. The van der Waals surface area contributed by atoms with Gasteiger partial charge in [0.15, 0.2) is 20.0 Å². The van der Waals surface area contributed by atoms with Gasteiger partial charge in [0.05, 0.1) is 6.54 Å². The lowest BCUT2D eigenvalue weighted by atomic mass is 10.1. The summed E-state index contributed by atoms with van der Waals surface area (Å²) in [6, 6.07) is 7.92. The van der Waals surface area contributed by atoms with Crippen molar-refractivity contribution in [2.75, 3.05) is 0 Å². The summed E-state index contributed by atoms with van der Waals surface area (Å²) in [6.45, 7) is 3.35. The van der Waals surface area contributed by atoms with Gasteiger partial charge >= 0.3 is 11.0 Å². The van der Waals surface area contributed by atoms with Crippen molar-refractivity contribution in [2.24, 2.45) is 0 Å². The van der Waals surface area contributed by atoms with Crippen molar-refractivity contribution in [3.05, 3.63) is 52.1 Å². The normalized spacial score (nSPS) is 12.8. The third-order valence-electron chi connectivity index (χ3n) is 4.12. The van der Waals surface area contributed by atoms with Crippen LogP contribution in [0.3, 0.4) is 0 Å². The van der Waals surface area contributed by atoms with Crippen LogP contribution in [0.2, 0.25) is 5.02 Å². The molecule has 0 amide bonds. The topological polar surface area (TPSA) is 91.2 Å². The van der Waals surface area contributed by atoms with Crippen LogP contribution < -0.4 is 4.57 Å². The summed E-state index contributed by atoms with van der Waals surface area (Å²) < 4.78 is 114. The van der Waals surface area contributed by atoms with Gasteiger partial charge in [-0.3, -0.25) is 0 Å². The molecule has 34 heavy (non-hydrogen) atoms. The third kappa shape index (κ3) is 9.43. The van der Waals surface area contributed by atoms with Gasteiger partial charge < -0.3 is 4.13 Å². The fourth-order valence-electron chi connectivity index (χ4n) is 2.40. The van der Waals surface area contributed by atoms with Gasteiger partial charge in [-0.15, -0.1) is 0 Å². The molecule has 0 N–H and O–H groups in total. The lowest BCUT2D eigenvalue weighted by molar-refractivity contribution is -0.696. The SMILES string of the molecule is CCCCCCC[n+]1ccn(-c2ccc(Cl)cc2)c1.O=S(=O)([N-]S(=O)(=O)C(F)(F)F)C(F)(F)F. The monoisotopic (exact) mass is 557 g/mol. The number of alkyl halides is 6. The molecule has 2 aromatic rings. The maximum atomic E-state index is 11.4. The van der Waals surface area contributed by atoms with Crippen molar-refractivity contribution < 1.29 is 47.7 Å². The highest BCUT2D eigenvalue weighted by Crippen LogP contribution is 2.36. The van der Waals surface area contributed by atoms with Gasteiger partial charge in [0.1, 0.15) is 18.1 Å². The highest BCUT2D eigenvalue weighted by molar-refractivity contribution is 8.13. The zero-order valence-electron chi connectivity index (χ0n) is 17.7. The second-order valence-corrected chi connectivity index (χ2v) is 10.7. The minimum absolute atomic E-state index is 0.778. The second kappa shape index (κ2) is 12.2. The molecule has 0 atom stereocenters. The number of sulfonamides is 2. The molecule has 0 aliphatic rings. The van der Waals surface area contributed by atoms with E-state index in [4.69, 9.17) is 11.6 Å². The minimum atomic E-state index is -6.72. The number of hydrogen-bond acceptors (Lipinski definition) is 4. The first kappa shape index (κ1) is 30.2. The van der Waals surface area contributed by atoms with Gasteiger partial charge in [-0.1, -0.05) is 37.8 Å². The third-order valence-corrected chi connectivity index (χ3v) is 7.11. The van der Waals surface area contributed by atoms with E-state index in [0.29, 0.717) is 0 Å². The van der Waals surface area contributed by atoms with E-state index in [1.807, 2.05) is 24.3 Å². The van der Waals surface area contributed by atoms with Gasteiger partial charge in [-0.25, -0.2) is 26.0 Å². The predicted molar refractivity (Wildman–Crippen MR) is 113 cm³/mol. The fourth-order valence-corrected chi connectivity index (χ4v) is 4.24. The zero-order chi connectivity index (χ0) is 26.2. The maximum absolute atomic E-state index is 11.4. The maximum Gasteiger partial charge on any atom is 0.480 e. The molecule has 0 unspecified atom stereocenters. The first-order valence-corrected chi connectivity index (χ1v) is 13.0. The highest BCUT2D eigenvalue weighted by Gasteiger charge is 2.46. The number of benzene rings is 1. The Morgan fingerprint density at radius 3 is 1.85 bits per heavy atom. The molecule has 0 radical (unpaired) electrons. The number of imidazole rings is 1. The van der Waals surface area contributed by atoms with Gasteiger partial charge in [0.2, 0.25) is 6.33 Å². The quantitative estimate of drug-likeness (QED) is 0.233. The van der Waals surface area contributed by atoms with Crippen LogP contribution in [0.1, 0.15) is 39.0 Å². The van der Waals surface area contributed by atoms with Gasteiger partial charge in [-0.2, -0.15) is 26.3 Å². The number of hydrogen-bond donors (Lipinski definition) is 0. The van der Waals surface area contributed by atoms with E-state index < -0.39 is 31.1 Å². The average Bonchev–Trinajstić information content (AvgIpc) is 3.15. The summed E-state index contributed by atoms with van der Waals surface area (Å²) in [5.41, 5.74) is -11.3. The smallest absolute Gasteiger partial charge is 0.421 e. The number of unbranched alkanes of at least 4 members (excludes halogenated alkanes) is 4. The zero-order valence-corrected chi connectivity index (χ0v) is 20.1. The molecule has 0 bridgehead atoms. The summed E-state index contributed by atoms with van der Waals surface area (Å²) in [7, 11) is -13.4. The molecular formula is C18H22ClF6N3O4S2. The highest BCUT2D eigenvalue weighted by atomic mass is 35.5. The summed E-state index contributed by atoms with van der Waals surface area (Å²) in [6.07, 6.45) is 13.0. The Hall–Kier alpha value is -1.84. The van der Waals surface area contributed by atoms with Crippen molar-refractivity contribution >= 4 is 31.6 Å². The van der Waals surface area contributed by atoms with E-state index >= 15 is 0 Å². The van der Waals surface area contributed by atoms with Crippen LogP contribution in [0.4, 0.5) is 26.3 Å². The molecule has 194 valence electrons. The Balaban J connectivity index is 0.000000352. The largest absolute Gasteiger partial charge is 0.480 e. The van der Waals surface area contributed by atoms with Gasteiger partial charge in [0.25, 0.3) is 0 Å². The molecule has 2 rings (SSSR count). The summed E-state index contributed by atoms with van der Waals surface area (Å²) >= 11 is 5.90. The molecule has 1 aromatic heterocycles. The Labute approximate surface area is 198 Å². The van der Waals surface area contributed by atoms with E-state index in [9.17, 15) is 43.2 Å². The molecule has 0 saturated heterocycles. The Kier molecular flexibility index (Phi) is 10.9. The predicted octanol–water partition coefficient (Wildman–Crippen LogP) is 5.45. The first-order valence-electron chi connectivity index (χ1n) is 9.70. The van der Waals surface area contributed by atoms with Crippen molar-refractivity contribution in [1.29, 1.82) is 0 Å². The van der Waals surface area contributed by atoms with Crippen LogP contribution in [0.5, 0.6) is 0 Å². The van der Waals surface area contributed by atoms with E-state index in [-0.39, 0.29) is 0 Å². The molecule has 0 saturated carbocycles. The van der Waals surface area contributed by atoms with Crippen molar-refractivity contribution in [1.82, 2.24) is 4.57 Å². The van der Waals surface area contributed by atoms with Gasteiger partial charge in [-0.05, 0) is 37.1 Å². The molecule has 0 aliphatic heterocycles. The van der Waals surface area contributed by atoms with Crippen molar-refractivity contribution in [2.45, 2.75) is 56.6 Å². The van der Waals surface area contributed by atoms with Gasteiger partial charge in [0, 0.05) is 5.02 Å². The number of aromatic nitrogens is 2. The molecule has 7 nitrogen and oxygen atoms in total. The molecule has 0 fully saturated rings. The van der Waals surface area contributed by atoms with Crippen LogP contribution in [0, 0.1) is 0 Å². The molecule has 16 heteroatoms.